The topological polar surface area (TPSA) is 105 Å². The molecule has 2 amide bonds. The van der Waals surface area contributed by atoms with E-state index in [-0.39, 0.29) is 11.4 Å². The number of ether oxygens (including phenoxy) is 1. The molecule has 0 aliphatic rings. The van der Waals surface area contributed by atoms with E-state index in [1.807, 2.05) is 60.7 Å². The highest BCUT2D eigenvalue weighted by Gasteiger charge is 2.23. The van der Waals surface area contributed by atoms with Gasteiger partial charge in [-0.2, -0.15) is 11.8 Å². The summed E-state index contributed by atoms with van der Waals surface area (Å²) in [4.78, 5) is 38.4. The van der Waals surface area contributed by atoms with Crippen molar-refractivity contribution in [3.8, 4) is 11.5 Å². The number of halogens is 1. The first kappa shape index (κ1) is 29.9. The van der Waals surface area contributed by atoms with Gasteiger partial charge in [-0.05, 0) is 88.3 Å². The molecule has 208 valence electrons. The third-order valence-electron chi connectivity index (χ3n) is 5.75. The van der Waals surface area contributed by atoms with E-state index in [1.54, 1.807) is 48.5 Å². The van der Waals surface area contributed by atoms with Gasteiger partial charge in [0.2, 0.25) is 0 Å². The molecular formula is C32H27IN2O5S. The van der Waals surface area contributed by atoms with Crippen LogP contribution in [-0.4, -0.2) is 34.7 Å². The van der Waals surface area contributed by atoms with Crippen LogP contribution >= 0.6 is 34.4 Å². The number of aliphatic carboxylic acids is 1. The summed E-state index contributed by atoms with van der Waals surface area (Å²) < 4.78 is 6.86. The number of carbonyl (C=O) groups excluding carboxylic acids is 2. The third-order valence-corrected chi connectivity index (χ3v) is 7.57. The van der Waals surface area contributed by atoms with E-state index in [2.05, 4.69) is 33.2 Å². The Morgan fingerprint density at radius 2 is 1.51 bits per heavy atom. The molecule has 0 spiro atoms. The van der Waals surface area contributed by atoms with Crippen molar-refractivity contribution in [3.05, 3.63) is 135 Å². The molecule has 4 rings (SSSR count). The molecule has 7 nitrogen and oxygen atoms in total. The molecule has 0 aliphatic carbocycles. The zero-order valence-electron chi connectivity index (χ0n) is 21.8. The molecule has 0 aromatic heterocycles. The van der Waals surface area contributed by atoms with Gasteiger partial charge in [0.1, 0.15) is 23.2 Å². The normalized spacial score (nSPS) is 11.8. The summed E-state index contributed by atoms with van der Waals surface area (Å²) in [5, 5.41) is 15.0. The van der Waals surface area contributed by atoms with Crippen LogP contribution in [0.15, 0.2) is 115 Å². The summed E-state index contributed by atoms with van der Waals surface area (Å²) in [7, 11) is 0. The second-order valence-corrected chi connectivity index (χ2v) is 11.1. The Morgan fingerprint density at radius 1 is 0.854 bits per heavy atom. The lowest BCUT2D eigenvalue weighted by Gasteiger charge is -2.17. The Hall–Kier alpha value is -4.09. The lowest BCUT2D eigenvalue weighted by molar-refractivity contribution is -0.140. The molecule has 0 radical (unpaired) electrons. The van der Waals surface area contributed by atoms with Crippen molar-refractivity contribution in [2.45, 2.75) is 11.8 Å². The van der Waals surface area contributed by atoms with Crippen LogP contribution in [0.3, 0.4) is 0 Å². The number of benzene rings is 4. The van der Waals surface area contributed by atoms with Gasteiger partial charge in [-0.1, -0.05) is 60.7 Å². The first-order chi connectivity index (χ1) is 19.9. The number of amides is 2. The van der Waals surface area contributed by atoms with Crippen molar-refractivity contribution in [2.24, 2.45) is 0 Å². The van der Waals surface area contributed by atoms with Gasteiger partial charge in [0.05, 0.1) is 0 Å². The number of hydrogen-bond acceptors (Lipinski definition) is 5. The predicted molar refractivity (Wildman–Crippen MR) is 170 cm³/mol. The molecule has 4 aromatic rings. The highest BCUT2D eigenvalue weighted by Crippen LogP contribution is 2.23. The van der Waals surface area contributed by atoms with Crippen molar-refractivity contribution in [1.82, 2.24) is 10.6 Å². The van der Waals surface area contributed by atoms with E-state index in [9.17, 15) is 19.5 Å². The number of para-hydroxylation sites is 1. The number of thioether (sulfide) groups is 1. The lowest BCUT2D eigenvalue weighted by Crippen LogP contribution is -2.45. The maximum Gasteiger partial charge on any atom is 0.327 e. The van der Waals surface area contributed by atoms with Gasteiger partial charge in [-0.25, -0.2) is 4.79 Å². The monoisotopic (exact) mass is 678 g/mol. The molecule has 0 unspecified atom stereocenters. The number of carboxylic acids is 1. The molecule has 0 bridgehead atoms. The van der Waals surface area contributed by atoms with E-state index >= 15 is 0 Å². The van der Waals surface area contributed by atoms with Crippen molar-refractivity contribution in [2.75, 3.05) is 5.75 Å². The number of rotatable bonds is 12. The molecule has 0 fully saturated rings. The van der Waals surface area contributed by atoms with Crippen LogP contribution in [-0.2, 0) is 15.3 Å². The number of carbonyl (C=O) groups is 3. The summed E-state index contributed by atoms with van der Waals surface area (Å²) in [5.74, 6) is -0.447. The Balaban J connectivity index is 1.54. The Kier molecular flexibility index (Phi) is 11.0. The zero-order valence-corrected chi connectivity index (χ0v) is 24.8. The molecule has 4 aromatic carbocycles. The van der Waals surface area contributed by atoms with Gasteiger partial charge in [0.15, 0.2) is 0 Å². The Bertz CT molecular complexity index is 1510. The van der Waals surface area contributed by atoms with Gasteiger partial charge < -0.3 is 20.5 Å². The van der Waals surface area contributed by atoms with Gasteiger partial charge in [0.25, 0.3) is 11.8 Å². The number of carboxylic acid groups (broad SMARTS) is 1. The minimum absolute atomic E-state index is 0.0929. The Morgan fingerprint density at radius 3 is 2.20 bits per heavy atom. The summed E-state index contributed by atoms with van der Waals surface area (Å²) in [6.07, 6.45) is 1.49. The summed E-state index contributed by atoms with van der Waals surface area (Å²) in [6.45, 7) is 0. The van der Waals surface area contributed by atoms with Crippen molar-refractivity contribution in [1.29, 1.82) is 0 Å². The standard InChI is InChI=1S/C32H27IN2O5S/c33-25-16-14-24(15-17-25)30(36)34-28(19-23-10-7-13-27(18-23)40-26-11-5-2-6-12-26)31(37)35-29(32(38)39)21-41-20-22-8-3-1-4-9-22/h1-19,29H,20-21H2,(H,34,36)(H,35,37)(H,38,39)/t29-/m0/s1. The molecule has 1 atom stereocenters. The second-order valence-electron chi connectivity index (χ2n) is 8.87. The lowest BCUT2D eigenvalue weighted by atomic mass is 10.1. The number of hydrogen-bond donors (Lipinski definition) is 3. The van der Waals surface area contributed by atoms with E-state index < -0.39 is 23.8 Å². The zero-order chi connectivity index (χ0) is 29.0. The van der Waals surface area contributed by atoms with E-state index in [4.69, 9.17) is 4.74 Å². The minimum atomic E-state index is -1.17. The smallest absolute Gasteiger partial charge is 0.327 e. The highest BCUT2D eigenvalue weighted by atomic mass is 127. The molecule has 41 heavy (non-hydrogen) atoms. The average molecular weight is 679 g/mol. The highest BCUT2D eigenvalue weighted by molar-refractivity contribution is 14.1. The van der Waals surface area contributed by atoms with Crippen LogP contribution in [0.2, 0.25) is 0 Å². The van der Waals surface area contributed by atoms with Crippen LogP contribution in [0.5, 0.6) is 11.5 Å². The largest absolute Gasteiger partial charge is 0.480 e. The fraction of sp³-hybridized carbons (Fsp3) is 0.0938. The van der Waals surface area contributed by atoms with E-state index in [1.165, 1.54) is 17.8 Å². The SMILES string of the molecule is O=C(N[C@@H](CSCc1ccccc1)C(=O)O)C(=Cc1cccc(Oc2ccccc2)c1)NC(=O)c1ccc(I)cc1. The molecule has 0 saturated heterocycles. The van der Waals surface area contributed by atoms with Crippen LogP contribution in [0.25, 0.3) is 6.08 Å². The van der Waals surface area contributed by atoms with Gasteiger partial charge in [-0.15, -0.1) is 0 Å². The van der Waals surface area contributed by atoms with Crippen LogP contribution < -0.4 is 15.4 Å². The first-order valence-corrected chi connectivity index (χ1v) is 14.9. The molecule has 0 heterocycles. The molecule has 9 heteroatoms. The quantitative estimate of drug-likeness (QED) is 0.119. The first-order valence-electron chi connectivity index (χ1n) is 12.6. The third kappa shape index (κ3) is 9.51. The minimum Gasteiger partial charge on any atom is -0.480 e. The number of nitrogens with one attached hydrogen (secondary N) is 2. The van der Waals surface area contributed by atoms with E-state index in [0.717, 1.165) is 9.13 Å². The van der Waals surface area contributed by atoms with Gasteiger partial charge in [-0.3, -0.25) is 9.59 Å². The van der Waals surface area contributed by atoms with Gasteiger partial charge >= 0.3 is 5.97 Å². The molecule has 3 N–H and O–H groups in total. The fourth-order valence-electron chi connectivity index (χ4n) is 3.69. The average Bonchev–Trinajstić information content (AvgIpc) is 2.97. The summed E-state index contributed by atoms with van der Waals surface area (Å²) in [6, 6.07) is 31.6. The van der Waals surface area contributed by atoms with Crippen LogP contribution in [0, 0.1) is 3.57 Å². The van der Waals surface area contributed by atoms with Crippen molar-refractivity contribution in [3.63, 3.8) is 0 Å². The van der Waals surface area contributed by atoms with Crippen molar-refractivity contribution < 1.29 is 24.2 Å². The Labute approximate surface area is 256 Å². The molecular weight excluding hydrogens is 651 g/mol. The van der Waals surface area contributed by atoms with E-state index in [0.29, 0.717) is 28.4 Å². The van der Waals surface area contributed by atoms with Crippen LogP contribution in [0.1, 0.15) is 21.5 Å². The van der Waals surface area contributed by atoms with Crippen molar-refractivity contribution >= 4 is 58.2 Å². The fourth-order valence-corrected chi connectivity index (χ4v) is 5.06. The maximum atomic E-state index is 13.4. The predicted octanol–water partition coefficient (Wildman–Crippen LogP) is 6.36. The summed E-state index contributed by atoms with van der Waals surface area (Å²) in [5.41, 5.74) is 1.90. The second kappa shape index (κ2) is 15.1. The van der Waals surface area contributed by atoms with Crippen LogP contribution in [0.4, 0.5) is 0 Å². The summed E-state index contributed by atoms with van der Waals surface area (Å²) >= 11 is 3.53. The van der Waals surface area contributed by atoms with Gasteiger partial charge in [0, 0.05) is 20.6 Å². The molecule has 0 aliphatic heterocycles. The maximum absolute atomic E-state index is 13.4. The molecule has 0 saturated carbocycles.